The van der Waals surface area contributed by atoms with Crippen molar-refractivity contribution in [3.63, 3.8) is 0 Å². The van der Waals surface area contributed by atoms with Crippen LogP contribution >= 0.6 is 0 Å². The van der Waals surface area contributed by atoms with Crippen LogP contribution in [0.25, 0.3) is 0 Å². The van der Waals surface area contributed by atoms with E-state index in [4.69, 9.17) is 4.74 Å². The summed E-state index contributed by atoms with van der Waals surface area (Å²) in [5.74, 6) is -0.279. The molecule has 2 N–H and O–H groups in total. The van der Waals surface area contributed by atoms with E-state index in [1.54, 1.807) is 18.2 Å². The van der Waals surface area contributed by atoms with Crippen LogP contribution in [-0.4, -0.2) is 36.0 Å². The lowest BCUT2D eigenvalue weighted by molar-refractivity contribution is -0.143. The monoisotopic (exact) mass is 445 g/mol. The molecule has 5 unspecified atom stereocenters. The van der Waals surface area contributed by atoms with Crippen LogP contribution in [0, 0.1) is 23.7 Å². The molecule has 2 aromatic rings. The topological polar surface area (TPSA) is 87.7 Å². The number of benzene rings is 2. The fourth-order valence-electron chi connectivity index (χ4n) is 5.51. The van der Waals surface area contributed by atoms with Crippen molar-refractivity contribution in [1.29, 1.82) is 0 Å². The Labute approximate surface area is 192 Å². The second kappa shape index (κ2) is 8.73. The summed E-state index contributed by atoms with van der Waals surface area (Å²) in [5.41, 5.74) is 1.43. The van der Waals surface area contributed by atoms with Crippen molar-refractivity contribution in [3.05, 3.63) is 72.3 Å². The molecule has 1 saturated heterocycles. The molecule has 0 aromatic heterocycles. The third-order valence-electron chi connectivity index (χ3n) is 7.03. The molecule has 1 saturated carbocycles. The number of rotatable bonds is 6. The fourth-order valence-corrected chi connectivity index (χ4v) is 5.51. The molecule has 170 valence electrons. The van der Waals surface area contributed by atoms with Gasteiger partial charge in [0.1, 0.15) is 11.9 Å². The number of likely N-dealkylation sites (tertiary alicyclic amines) is 1. The number of hydrogen-bond donors (Lipinski definition) is 2. The average Bonchev–Trinajstić information content (AvgIpc) is 3.12. The van der Waals surface area contributed by atoms with Crippen LogP contribution in [0.3, 0.4) is 0 Å². The van der Waals surface area contributed by atoms with Gasteiger partial charge in [-0.05, 0) is 42.4 Å². The molecule has 1 heterocycles. The summed E-state index contributed by atoms with van der Waals surface area (Å²) in [7, 11) is 1.53. The second-order valence-electron chi connectivity index (χ2n) is 8.89. The molecule has 4 aliphatic rings. The van der Waals surface area contributed by atoms with Gasteiger partial charge < -0.3 is 15.4 Å². The Morgan fingerprint density at radius 3 is 2.18 bits per heavy atom. The first-order valence-electron chi connectivity index (χ1n) is 11.4. The number of amides is 4. The van der Waals surface area contributed by atoms with Gasteiger partial charge in [0.2, 0.25) is 11.8 Å². The highest BCUT2D eigenvalue weighted by molar-refractivity contribution is 6.06. The Hall–Kier alpha value is -3.61. The maximum absolute atomic E-state index is 13.5. The minimum absolute atomic E-state index is 0.0984. The van der Waals surface area contributed by atoms with Gasteiger partial charge in [0.15, 0.2) is 0 Å². The van der Waals surface area contributed by atoms with Crippen molar-refractivity contribution in [1.82, 2.24) is 10.2 Å². The van der Waals surface area contributed by atoms with Gasteiger partial charge in [-0.25, -0.2) is 4.79 Å². The Bertz CT molecular complexity index is 1070. The molecule has 7 heteroatoms. The third-order valence-corrected chi connectivity index (χ3v) is 7.03. The molecule has 6 rings (SSSR count). The smallest absolute Gasteiger partial charge is 0.320 e. The normalized spacial score (nSPS) is 26.2. The second-order valence-corrected chi connectivity index (χ2v) is 8.89. The maximum Gasteiger partial charge on any atom is 0.320 e. The number of carbonyl (C=O) groups excluding carboxylic acids is 3. The van der Waals surface area contributed by atoms with Crippen LogP contribution in [0.2, 0.25) is 0 Å². The third kappa shape index (κ3) is 3.88. The molecule has 1 aliphatic heterocycles. The number of nitrogens with one attached hydrogen (secondary N) is 2. The predicted molar refractivity (Wildman–Crippen MR) is 123 cm³/mol. The van der Waals surface area contributed by atoms with E-state index in [9.17, 15) is 14.4 Å². The summed E-state index contributed by atoms with van der Waals surface area (Å²) < 4.78 is 5.31. The molecule has 2 bridgehead atoms. The van der Waals surface area contributed by atoms with Crippen LogP contribution in [0.15, 0.2) is 66.7 Å². The van der Waals surface area contributed by atoms with Crippen molar-refractivity contribution in [2.24, 2.45) is 23.7 Å². The number of fused-ring (bicyclic) bond motifs is 1. The van der Waals surface area contributed by atoms with Crippen LogP contribution < -0.4 is 15.4 Å². The van der Waals surface area contributed by atoms with Gasteiger partial charge in [-0.2, -0.15) is 0 Å². The number of hydrogen-bond acceptors (Lipinski definition) is 4. The standard InChI is InChI=1S/C26H27N3O4/c1-33-20-10-6-5-9-19(20)27-26(32)28-21(15-16-7-3-2-4-8-16)29-24(30)22-17-11-12-18(14-13-17)23(22)25(29)31/h2-12,17-18,21-23H,13-15H2,1H3,(H2,27,28,32). The quantitative estimate of drug-likeness (QED) is 0.526. The number of nitrogens with zero attached hydrogens (tertiary/aromatic N) is 1. The summed E-state index contributed by atoms with van der Waals surface area (Å²) >= 11 is 0. The van der Waals surface area contributed by atoms with Gasteiger partial charge in [-0.1, -0.05) is 54.6 Å². The zero-order valence-corrected chi connectivity index (χ0v) is 18.4. The Balaban J connectivity index is 1.41. The highest BCUT2D eigenvalue weighted by atomic mass is 16.5. The maximum atomic E-state index is 13.5. The van der Waals surface area contributed by atoms with Gasteiger partial charge in [0.25, 0.3) is 0 Å². The molecule has 0 radical (unpaired) electrons. The number of allylic oxidation sites excluding steroid dienone is 2. The van der Waals surface area contributed by atoms with Gasteiger partial charge in [0.05, 0.1) is 24.6 Å². The molecule has 33 heavy (non-hydrogen) atoms. The summed E-state index contributed by atoms with van der Waals surface area (Å²) in [4.78, 5) is 41.3. The largest absolute Gasteiger partial charge is 0.495 e. The van der Waals surface area contributed by atoms with Crippen LogP contribution in [0.5, 0.6) is 5.75 Å². The van der Waals surface area contributed by atoms with E-state index in [1.807, 2.05) is 36.4 Å². The first-order valence-corrected chi connectivity index (χ1v) is 11.4. The summed E-state index contributed by atoms with van der Waals surface area (Å²) in [6.45, 7) is 0. The number of ether oxygens (including phenoxy) is 1. The SMILES string of the molecule is COc1ccccc1NC(=O)NC(Cc1ccccc1)N1C(=O)C2C3C=CC(CC3)C2C1=O. The van der Waals surface area contributed by atoms with Crippen molar-refractivity contribution in [3.8, 4) is 5.75 Å². The van der Waals surface area contributed by atoms with E-state index in [-0.39, 0.29) is 35.5 Å². The highest BCUT2D eigenvalue weighted by Crippen LogP contribution is 2.50. The van der Waals surface area contributed by atoms with Crippen molar-refractivity contribution >= 4 is 23.5 Å². The van der Waals surface area contributed by atoms with Crippen LogP contribution in [0.4, 0.5) is 10.5 Å². The molecule has 5 atom stereocenters. The lowest BCUT2D eigenvalue weighted by atomic mass is 9.63. The first kappa shape index (κ1) is 21.2. The number of methoxy groups -OCH3 is 1. The number of carbonyl (C=O) groups is 3. The number of anilines is 1. The minimum Gasteiger partial charge on any atom is -0.495 e. The van der Waals surface area contributed by atoms with Gasteiger partial charge in [-0.15, -0.1) is 0 Å². The van der Waals surface area contributed by atoms with Crippen LogP contribution in [-0.2, 0) is 16.0 Å². The molecule has 7 nitrogen and oxygen atoms in total. The van der Waals surface area contributed by atoms with E-state index in [0.29, 0.717) is 17.9 Å². The first-order chi connectivity index (χ1) is 16.1. The van der Waals surface area contributed by atoms with Gasteiger partial charge >= 0.3 is 6.03 Å². The van der Waals surface area contributed by atoms with E-state index >= 15 is 0 Å². The molecule has 0 spiro atoms. The summed E-state index contributed by atoms with van der Waals surface area (Å²) in [6, 6.07) is 16.1. The Kier molecular flexibility index (Phi) is 5.62. The van der Waals surface area contributed by atoms with E-state index in [2.05, 4.69) is 22.8 Å². The molecule has 4 amide bonds. The Morgan fingerprint density at radius 2 is 1.58 bits per heavy atom. The number of imide groups is 1. The zero-order valence-electron chi connectivity index (χ0n) is 18.4. The molecule has 2 aromatic carbocycles. The van der Waals surface area contributed by atoms with Crippen molar-refractivity contribution in [2.75, 3.05) is 12.4 Å². The Morgan fingerprint density at radius 1 is 0.970 bits per heavy atom. The summed E-state index contributed by atoms with van der Waals surface area (Å²) in [5, 5.41) is 5.67. The molecule has 2 fully saturated rings. The van der Waals surface area contributed by atoms with Crippen LogP contribution in [0.1, 0.15) is 18.4 Å². The van der Waals surface area contributed by atoms with E-state index < -0.39 is 12.2 Å². The van der Waals surface area contributed by atoms with Crippen molar-refractivity contribution in [2.45, 2.75) is 25.4 Å². The lowest BCUT2D eigenvalue weighted by Gasteiger charge is -2.38. The van der Waals surface area contributed by atoms with Crippen molar-refractivity contribution < 1.29 is 19.1 Å². The number of urea groups is 1. The zero-order chi connectivity index (χ0) is 22.9. The minimum atomic E-state index is -0.785. The fraction of sp³-hybridized carbons (Fsp3) is 0.346. The average molecular weight is 446 g/mol. The summed E-state index contributed by atoms with van der Waals surface area (Å²) in [6.07, 6.45) is 5.60. The molecule has 3 aliphatic carbocycles. The lowest BCUT2D eigenvalue weighted by Crippen LogP contribution is -2.53. The van der Waals surface area contributed by atoms with E-state index in [1.165, 1.54) is 12.0 Å². The predicted octanol–water partition coefficient (Wildman–Crippen LogP) is 3.58. The van der Waals surface area contributed by atoms with Gasteiger partial charge in [0, 0.05) is 6.42 Å². The van der Waals surface area contributed by atoms with E-state index in [0.717, 1.165) is 18.4 Å². The van der Waals surface area contributed by atoms with Gasteiger partial charge in [-0.3, -0.25) is 14.5 Å². The molecular weight excluding hydrogens is 418 g/mol. The molecular formula is C26H27N3O4. The number of para-hydroxylation sites is 2. The highest BCUT2D eigenvalue weighted by Gasteiger charge is 2.58.